The van der Waals surface area contributed by atoms with Crippen LogP contribution in [-0.4, -0.2) is 29.1 Å². The van der Waals surface area contributed by atoms with E-state index in [1.165, 1.54) is 6.21 Å². The Morgan fingerprint density at radius 3 is 2.60 bits per heavy atom. The summed E-state index contributed by atoms with van der Waals surface area (Å²) in [6.07, 6.45) is 1.38. The summed E-state index contributed by atoms with van der Waals surface area (Å²) in [6, 6.07) is 10.1. The van der Waals surface area contributed by atoms with Crippen molar-refractivity contribution in [1.82, 2.24) is 9.66 Å². The Balaban J connectivity index is 1.99. The molecule has 2 aromatic carbocycles. The van der Waals surface area contributed by atoms with E-state index in [0.717, 1.165) is 4.68 Å². The lowest BCUT2D eigenvalue weighted by Crippen LogP contribution is -2.32. The number of hydrogen-bond acceptors (Lipinski definition) is 5. The van der Waals surface area contributed by atoms with Crippen molar-refractivity contribution in [2.75, 3.05) is 13.2 Å². The fraction of sp³-hybridized carbons (Fsp3) is 0.318. The zero-order chi connectivity index (χ0) is 21.9. The van der Waals surface area contributed by atoms with Crippen LogP contribution in [0.5, 0.6) is 11.5 Å². The number of para-hydroxylation sites is 1. The van der Waals surface area contributed by atoms with E-state index in [-0.39, 0.29) is 5.41 Å². The number of H-pyrrole nitrogens is 1. The minimum Gasteiger partial charge on any atom is -0.490 e. The van der Waals surface area contributed by atoms with Crippen LogP contribution in [0, 0.1) is 5.41 Å². The van der Waals surface area contributed by atoms with Gasteiger partial charge >= 0.3 is 5.69 Å². The second kappa shape index (κ2) is 8.75. The molecule has 1 heterocycles. The Labute approximate surface area is 178 Å². The van der Waals surface area contributed by atoms with Gasteiger partial charge in [0.1, 0.15) is 0 Å². The van der Waals surface area contributed by atoms with Crippen molar-refractivity contribution in [1.29, 1.82) is 0 Å². The van der Waals surface area contributed by atoms with Gasteiger partial charge in [-0.05, 0) is 42.2 Å². The number of fused-ring (bicyclic) bond motifs is 1. The lowest BCUT2D eigenvalue weighted by atomic mass is 9.99. The van der Waals surface area contributed by atoms with Crippen LogP contribution in [0.2, 0.25) is 5.02 Å². The van der Waals surface area contributed by atoms with Gasteiger partial charge in [-0.15, -0.1) is 4.68 Å². The van der Waals surface area contributed by atoms with Gasteiger partial charge in [0, 0.05) is 0 Å². The molecule has 0 saturated heterocycles. The molecule has 0 saturated carbocycles. The van der Waals surface area contributed by atoms with Crippen molar-refractivity contribution >= 4 is 28.7 Å². The Bertz CT molecular complexity index is 1210. The summed E-state index contributed by atoms with van der Waals surface area (Å²) in [6.45, 7) is 8.91. The molecule has 0 aliphatic carbocycles. The van der Waals surface area contributed by atoms with Crippen LogP contribution in [0.15, 0.2) is 51.1 Å². The molecule has 3 aromatic rings. The first-order valence-corrected chi connectivity index (χ1v) is 9.95. The molecule has 0 amide bonds. The molecule has 30 heavy (non-hydrogen) atoms. The fourth-order valence-corrected chi connectivity index (χ4v) is 3.01. The molecule has 0 unspecified atom stereocenters. The van der Waals surface area contributed by atoms with Crippen molar-refractivity contribution in [2.45, 2.75) is 27.7 Å². The molecular weight excluding hydrogens is 406 g/mol. The van der Waals surface area contributed by atoms with Crippen molar-refractivity contribution in [3.05, 3.63) is 67.8 Å². The van der Waals surface area contributed by atoms with Crippen LogP contribution < -0.4 is 20.7 Å². The molecule has 3 rings (SSSR count). The van der Waals surface area contributed by atoms with Crippen molar-refractivity contribution in [3.63, 3.8) is 0 Å². The minimum absolute atomic E-state index is 0.0504. The zero-order valence-corrected chi connectivity index (χ0v) is 18.1. The predicted molar refractivity (Wildman–Crippen MR) is 119 cm³/mol. The maximum Gasteiger partial charge on any atom is 0.349 e. The summed E-state index contributed by atoms with van der Waals surface area (Å²) in [5, 5.41) is 4.79. The quantitative estimate of drug-likeness (QED) is 0.599. The first-order valence-electron chi connectivity index (χ1n) is 9.57. The second-order valence-electron chi connectivity index (χ2n) is 7.95. The van der Waals surface area contributed by atoms with Gasteiger partial charge in [0.15, 0.2) is 11.5 Å². The topological polar surface area (TPSA) is 85.7 Å². The third-order valence-electron chi connectivity index (χ3n) is 4.09. The van der Waals surface area contributed by atoms with Crippen LogP contribution >= 0.6 is 11.6 Å². The predicted octanol–water partition coefficient (Wildman–Crippen LogP) is 4.05. The van der Waals surface area contributed by atoms with Crippen molar-refractivity contribution < 1.29 is 9.47 Å². The van der Waals surface area contributed by atoms with Gasteiger partial charge in [-0.25, -0.2) is 4.79 Å². The van der Waals surface area contributed by atoms with E-state index in [2.05, 4.69) is 30.9 Å². The molecule has 0 radical (unpaired) electrons. The number of hydrogen-bond donors (Lipinski definition) is 1. The number of aromatic nitrogens is 2. The fourth-order valence-electron chi connectivity index (χ4n) is 2.74. The molecule has 7 nitrogen and oxygen atoms in total. The number of aromatic amines is 1. The maximum absolute atomic E-state index is 12.6. The highest BCUT2D eigenvalue weighted by Gasteiger charge is 2.17. The van der Waals surface area contributed by atoms with Gasteiger partial charge in [-0.3, -0.25) is 4.79 Å². The Morgan fingerprint density at radius 1 is 1.17 bits per heavy atom. The molecule has 1 aromatic heterocycles. The maximum atomic E-state index is 12.6. The van der Waals surface area contributed by atoms with Crippen LogP contribution in [0.25, 0.3) is 10.9 Å². The minimum atomic E-state index is -0.629. The summed E-state index contributed by atoms with van der Waals surface area (Å²) in [7, 11) is 0. The van der Waals surface area contributed by atoms with E-state index in [1.54, 1.807) is 36.4 Å². The first kappa shape index (κ1) is 21.6. The van der Waals surface area contributed by atoms with Crippen molar-refractivity contribution in [2.24, 2.45) is 10.5 Å². The lowest BCUT2D eigenvalue weighted by Gasteiger charge is -2.21. The largest absolute Gasteiger partial charge is 0.490 e. The number of ether oxygens (including phenoxy) is 2. The van der Waals surface area contributed by atoms with E-state index >= 15 is 0 Å². The molecule has 0 bridgehead atoms. The van der Waals surface area contributed by atoms with E-state index in [1.807, 2.05) is 6.92 Å². The molecule has 0 aliphatic heterocycles. The van der Waals surface area contributed by atoms with E-state index in [0.29, 0.717) is 46.2 Å². The molecule has 0 fully saturated rings. The highest BCUT2D eigenvalue weighted by Crippen LogP contribution is 2.37. The molecule has 0 aliphatic rings. The van der Waals surface area contributed by atoms with Crippen molar-refractivity contribution in [3.8, 4) is 11.5 Å². The Kier molecular flexibility index (Phi) is 6.31. The van der Waals surface area contributed by atoms with Gasteiger partial charge in [-0.1, -0.05) is 44.5 Å². The van der Waals surface area contributed by atoms with E-state index < -0.39 is 11.2 Å². The average Bonchev–Trinajstić information content (AvgIpc) is 2.66. The standard InChI is InChI=1S/C22H24ClN3O4/c1-5-29-18-11-14(10-16(23)19(18)30-13-22(2,3)4)12-24-26-20(27)15-8-6-7-9-17(15)25-21(26)28/h6-12H,5,13H2,1-4H3,(H,25,28). The van der Waals surface area contributed by atoms with E-state index in [4.69, 9.17) is 21.1 Å². The zero-order valence-electron chi connectivity index (χ0n) is 17.4. The van der Waals surface area contributed by atoms with Gasteiger partial charge in [0.2, 0.25) is 0 Å². The first-order chi connectivity index (χ1) is 14.2. The number of halogens is 1. The summed E-state index contributed by atoms with van der Waals surface area (Å²) in [5.74, 6) is 0.918. The summed E-state index contributed by atoms with van der Waals surface area (Å²) in [4.78, 5) is 27.5. The van der Waals surface area contributed by atoms with Crippen LogP contribution in [0.4, 0.5) is 0 Å². The lowest BCUT2D eigenvalue weighted by molar-refractivity contribution is 0.189. The van der Waals surface area contributed by atoms with Gasteiger partial charge in [-0.2, -0.15) is 5.10 Å². The monoisotopic (exact) mass is 429 g/mol. The number of rotatable bonds is 6. The highest BCUT2D eigenvalue weighted by atomic mass is 35.5. The third-order valence-corrected chi connectivity index (χ3v) is 4.37. The molecule has 1 N–H and O–H groups in total. The smallest absolute Gasteiger partial charge is 0.349 e. The average molecular weight is 430 g/mol. The Morgan fingerprint density at radius 2 is 1.90 bits per heavy atom. The second-order valence-corrected chi connectivity index (χ2v) is 8.36. The number of benzene rings is 2. The van der Waals surface area contributed by atoms with Gasteiger partial charge in [0.05, 0.1) is 35.4 Å². The third kappa shape index (κ3) is 4.91. The van der Waals surface area contributed by atoms with Gasteiger partial charge < -0.3 is 14.5 Å². The summed E-state index contributed by atoms with van der Waals surface area (Å²) < 4.78 is 12.3. The highest BCUT2D eigenvalue weighted by molar-refractivity contribution is 6.32. The Hall–Kier alpha value is -3.06. The summed E-state index contributed by atoms with van der Waals surface area (Å²) in [5.41, 5.74) is -0.166. The normalized spacial score (nSPS) is 11.9. The molecule has 158 valence electrons. The number of nitrogens with zero attached hydrogens (tertiary/aromatic N) is 2. The summed E-state index contributed by atoms with van der Waals surface area (Å²) >= 11 is 6.42. The molecule has 8 heteroatoms. The molecule has 0 atom stereocenters. The SMILES string of the molecule is CCOc1cc(C=Nn2c(=O)[nH]c3ccccc3c2=O)cc(Cl)c1OCC(C)(C)C. The van der Waals surface area contributed by atoms with Crippen LogP contribution in [-0.2, 0) is 0 Å². The van der Waals surface area contributed by atoms with Crippen LogP contribution in [0.3, 0.4) is 0 Å². The number of nitrogens with one attached hydrogen (secondary N) is 1. The molecular formula is C22H24ClN3O4. The van der Waals surface area contributed by atoms with Gasteiger partial charge in [0.25, 0.3) is 5.56 Å². The van der Waals surface area contributed by atoms with E-state index in [9.17, 15) is 9.59 Å². The van der Waals surface area contributed by atoms with Crippen LogP contribution in [0.1, 0.15) is 33.3 Å². The molecule has 0 spiro atoms.